The van der Waals surface area contributed by atoms with Crippen molar-refractivity contribution in [2.24, 2.45) is 0 Å². The summed E-state index contributed by atoms with van der Waals surface area (Å²) >= 11 is 0. The second-order valence-corrected chi connectivity index (χ2v) is 8.37. The van der Waals surface area contributed by atoms with E-state index in [9.17, 15) is 8.42 Å². The van der Waals surface area contributed by atoms with E-state index in [1.165, 1.54) is 6.33 Å². The number of nitrogens with zero attached hydrogens (tertiary/aromatic N) is 3. The van der Waals surface area contributed by atoms with Crippen LogP contribution >= 0.6 is 0 Å². The SMILES string of the molecule is CS(=O)(=O)Nc1cccc(Nc2ncnc(-c3ccccc3Oc3ccccc3)n2)c1. The Hall–Kier alpha value is -3.98. The minimum absolute atomic E-state index is 0.316. The highest BCUT2D eigenvalue weighted by molar-refractivity contribution is 7.92. The zero-order chi connectivity index (χ0) is 21.7. The molecule has 0 amide bonds. The number of sulfonamides is 1. The van der Waals surface area contributed by atoms with Crippen molar-refractivity contribution >= 4 is 27.3 Å². The number of rotatable bonds is 7. The van der Waals surface area contributed by atoms with Crippen LogP contribution in [0.3, 0.4) is 0 Å². The van der Waals surface area contributed by atoms with E-state index in [-0.39, 0.29) is 0 Å². The third kappa shape index (κ3) is 5.55. The van der Waals surface area contributed by atoms with Gasteiger partial charge in [-0.1, -0.05) is 36.4 Å². The predicted molar refractivity (Wildman–Crippen MR) is 120 cm³/mol. The molecule has 0 atom stereocenters. The lowest BCUT2D eigenvalue weighted by atomic mass is 10.2. The summed E-state index contributed by atoms with van der Waals surface area (Å²) in [6.45, 7) is 0. The predicted octanol–water partition coefficient (Wildman–Crippen LogP) is 4.45. The van der Waals surface area contributed by atoms with Crippen molar-refractivity contribution in [1.82, 2.24) is 15.0 Å². The van der Waals surface area contributed by atoms with Gasteiger partial charge in [-0.25, -0.2) is 18.4 Å². The van der Waals surface area contributed by atoms with E-state index in [1.807, 2.05) is 54.6 Å². The zero-order valence-electron chi connectivity index (χ0n) is 16.6. The molecule has 4 aromatic rings. The summed E-state index contributed by atoms with van der Waals surface area (Å²) < 4.78 is 31.4. The molecule has 0 bridgehead atoms. The first-order valence-electron chi connectivity index (χ1n) is 9.32. The van der Waals surface area contributed by atoms with Crippen LogP contribution in [0.2, 0.25) is 0 Å². The molecule has 8 nitrogen and oxygen atoms in total. The van der Waals surface area contributed by atoms with E-state index in [1.54, 1.807) is 24.3 Å². The summed E-state index contributed by atoms with van der Waals surface area (Å²) in [4.78, 5) is 12.9. The Balaban J connectivity index is 1.59. The van der Waals surface area contributed by atoms with Gasteiger partial charge < -0.3 is 10.1 Å². The maximum atomic E-state index is 11.5. The average molecular weight is 433 g/mol. The van der Waals surface area contributed by atoms with Crippen LogP contribution in [-0.4, -0.2) is 29.6 Å². The smallest absolute Gasteiger partial charge is 0.230 e. The van der Waals surface area contributed by atoms with Crippen molar-refractivity contribution in [2.45, 2.75) is 0 Å². The molecular formula is C22H19N5O3S. The molecule has 1 aromatic heterocycles. The minimum atomic E-state index is -3.37. The summed E-state index contributed by atoms with van der Waals surface area (Å²) in [7, 11) is -3.37. The number of hydrogen-bond donors (Lipinski definition) is 2. The molecule has 4 rings (SSSR count). The van der Waals surface area contributed by atoms with Gasteiger partial charge in [-0.15, -0.1) is 0 Å². The Kier molecular flexibility index (Phi) is 5.76. The monoisotopic (exact) mass is 433 g/mol. The normalized spacial score (nSPS) is 11.0. The molecule has 0 fully saturated rings. The molecule has 3 aromatic carbocycles. The Morgan fingerprint density at radius 2 is 1.58 bits per heavy atom. The molecule has 0 saturated heterocycles. The fourth-order valence-corrected chi connectivity index (χ4v) is 3.40. The molecule has 156 valence electrons. The lowest BCUT2D eigenvalue weighted by Gasteiger charge is -2.11. The fraction of sp³-hybridized carbons (Fsp3) is 0.0455. The number of hydrogen-bond acceptors (Lipinski definition) is 7. The van der Waals surface area contributed by atoms with Crippen LogP contribution in [0.15, 0.2) is 85.2 Å². The highest BCUT2D eigenvalue weighted by Gasteiger charge is 2.11. The molecular weight excluding hydrogens is 414 g/mol. The zero-order valence-corrected chi connectivity index (χ0v) is 17.4. The molecule has 0 aliphatic rings. The molecule has 2 N–H and O–H groups in total. The lowest BCUT2D eigenvalue weighted by Crippen LogP contribution is -2.09. The first-order valence-corrected chi connectivity index (χ1v) is 11.2. The van der Waals surface area contributed by atoms with Gasteiger partial charge in [-0.3, -0.25) is 4.72 Å². The van der Waals surface area contributed by atoms with Gasteiger partial charge in [0, 0.05) is 5.69 Å². The first kappa shape index (κ1) is 20.3. The molecule has 0 aliphatic carbocycles. The second kappa shape index (κ2) is 8.80. The molecule has 0 radical (unpaired) electrons. The topological polar surface area (TPSA) is 106 Å². The van der Waals surface area contributed by atoms with E-state index in [0.29, 0.717) is 40.2 Å². The quantitative estimate of drug-likeness (QED) is 0.444. The van der Waals surface area contributed by atoms with Gasteiger partial charge in [0.25, 0.3) is 0 Å². The molecule has 1 heterocycles. The van der Waals surface area contributed by atoms with Gasteiger partial charge in [0.15, 0.2) is 5.82 Å². The maximum Gasteiger partial charge on any atom is 0.230 e. The van der Waals surface area contributed by atoms with Crippen molar-refractivity contribution in [3.63, 3.8) is 0 Å². The fourth-order valence-electron chi connectivity index (χ4n) is 2.85. The van der Waals surface area contributed by atoms with Crippen LogP contribution in [0.5, 0.6) is 11.5 Å². The Morgan fingerprint density at radius 1 is 0.839 bits per heavy atom. The third-order valence-electron chi connectivity index (χ3n) is 4.09. The Morgan fingerprint density at radius 3 is 2.39 bits per heavy atom. The molecule has 0 aliphatic heterocycles. The number of aromatic nitrogens is 3. The molecule has 31 heavy (non-hydrogen) atoms. The van der Waals surface area contributed by atoms with Crippen molar-refractivity contribution in [1.29, 1.82) is 0 Å². The highest BCUT2D eigenvalue weighted by atomic mass is 32.2. The molecule has 0 saturated carbocycles. The van der Waals surface area contributed by atoms with Crippen LogP contribution in [0.25, 0.3) is 11.4 Å². The summed E-state index contributed by atoms with van der Waals surface area (Å²) in [6.07, 6.45) is 2.50. The lowest BCUT2D eigenvalue weighted by molar-refractivity contribution is 0.484. The Bertz CT molecular complexity index is 1300. The molecule has 0 unspecified atom stereocenters. The van der Waals surface area contributed by atoms with Crippen LogP contribution in [0.4, 0.5) is 17.3 Å². The van der Waals surface area contributed by atoms with Gasteiger partial charge in [0.1, 0.15) is 17.8 Å². The van der Waals surface area contributed by atoms with Crippen molar-refractivity contribution in [2.75, 3.05) is 16.3 Å². The summed E-state index contributed by atoms with van der Waals surface area (Å²) in [5, 5.41) is 3.07. The average Bonchev–Trinajstić information content (AvgIpc) is 2.74. The highest BCUT2D eigenvalue weighted by Crippen LogP contribution is 2.31. The van der Waals surface area contributed by atoms with Crippen molar-refractivity contribution in [3.8, 4) is 22.9 Å². The van der Waals surface area contributed by atoms with Crippen LogP contribution < -0.4 is 14.8 Å². The summed E-state index contributed by atoms with van der Waals surface area (Å²) in [6, 6.07) is 23.7. The molecule has 9 heteroatoms. The van der Waals surface area contributed by atoms with Crippen molar-refractivity contribution < 1.29 is 13.2 Å². The van der Waals surface area contributed by atoms with Gasteiger partial charge in [0.2, 0.25) is 16.0 Å². The number of nitrogens with one attached hydrogen (secondary N) is 2. The van der Waals surface area contributed by atoms with E-state index in [0.717, 1.165) is 6.26 Å². The van der Waals surface area contributed by atoms with Gasteiger partial charge >= 0.3 is 0 Å². The van der Waals surface area contributed by atoms with Crippen LogP contribution in [0.1, 0.15) is 0 Å². The third-order valence-corrected chi connectivity index (χ3v) is 4.70. The number of ether oxygens (including phenoxy) is 1. The summed E-state index contributed by atoms with van der Waals surface area (Å²) in [5.41, 5.74) is 1.77. The molecule has 0 spiro atoms. The Labute approximate surface area is 180 Å². The van der Waals surface area contributed by atoms with E-state index in [4.69, 9.17) is 4.74 Å². The van der Waals surface area contributed by atoms with E-state index >= 15 is 0 Å². The van der Waals surface area contributed by atoms with E-state index < -0.39 is 10.0 Å². The maximum absolute atomic E-state index is 11.5. The number of benzene rings is 3. The summed E-state index contributed by atoms with van der Waals surface area (Å²) in [5.74, 6) is 2.08. The van der Waals surface area contributed by atoms with Gasteiger partial charge in [-0.2, -0.15) is 4.98 Å². The van der Waals surface area contributed by atoms with Gasteiger partial charge in [-0.05, 0) is 42.5 Å². The van der Waals surface area contributed by atoms with Crippen LogP contribution in [-0.2, 0) is 10.0 Å². The number of para-hydroxylation sites is 2. The van der Waals surface area contributed by atoms with Crippen LogP contribution in [0, 0.1) is 0 Å². The standard InChI is InChI=1S/C22H19N5O3S/c1-31(28,29)27-17-9-7-8-16(14-17)25-22-24-15-23-21(26-22)19-12-5-6-13-20(19)30-18-10-3-2-4-11-18/h2-15,27H,1H3,(H,23,24,25,26). The first-order chi connectivity index (χ1) is 15.0. The van der Waals surface area contributed by atoms with E-state index in [2.05, 4.69) is 25.0 Å². The second-order valence-electron chi connectivity index (χ2n) is 6.62. The number of anilines is 3. The van der Waals surface area contributed by atoms with Crippen molar-refractivity contribution in [3.05, 3.63) is 85.2 Å². The van der Waals surface area contributed by atoms with Gasteiger partial charge in [0.05, 0.1) is 17.5 Å². The largest absolute Gasteiger partial charge is 0.457 e. The minimum Gasteiger partial charge on any atom is -0.457 e.